The van der Waals surface area contributed by atoms with Crippen LogP contribution < -0.4 is 5.32 Å². The van der Waals surface area contributed by atoms with Gasteiger partial charge in [0.25, 0.3) is 5.69 Å². The van der Waals surface area contributed by atoms with Gasteiger partial charge in [0.1, 0.15) is 6.29 Å². The van der Waals surface area contributed by atoms with Gasteiger partial charge in [-0.2, -0.15) is 0 Å². The number of non-ortho nitro benzene ring substituents is 1. The van der Waals surface area contributed by atoms with Crippen molar-refractivity contribution in [3.63, 3.8) is 0 Å². The fourth-order valence-corrected chi connectivity index (χ4v) is 5.98. The van der Waals surface area contributed by atoms with Crippen LogP contribution in [0.2, 0.25) is 0 Å². The number of methoxy groups -OCH3 is 1. The minimum absolute atomic E-state index is 0.106. The number of aliphatic hydroxyl groups is 1. The molecule has 0 amide bonds. The number of aldehydes is 1. The van der Waals surface area contributed by atoms with Crippen LogP contribution in [0, 0.1) is 10.1 Å². The second kappa shape index (κ2) is 15.9. The summed E-state index contributed by atoms with van der Waals surface area (Å²) in [5.74, 6) is -1.29. The highest BCUT2D eigenvalue weighted by atomic mass is 16.6. The first-order valence-electron chi connectivity index (χ1n) is 14.9. The summed E-state index contributed by atoms with van der Waals surface area (Å²) in [6.45, 7) is 8.57. The summed E-state index contributed by atoms with van der Waals surface area (Å²) in [5, 5.41) is 23.1. The molecule has 10 nitrogen and oxygen atoms in total. The van der Waals surface area contributed by atoms with Crippen LogP contribution in [0.25, 0.3) is 0 Å². The van der Waals surface area contributed by atoms with Crippen LogP contribution in [0.5, 0.6) is 0 Å². The van der Waals surface area contributed by atoms with Crippen LogP contribution in [-0.4, -0.2) is 78.5 Å². The first-order valence-corrected chi connectivity index (χ1v) is 14.9. The lowest BCUT2D eigenvalue weighted by atomic mass is 9.81. The SMILES string of the molecule is COC(=O)C1=C(C)NC(C)=C(C=O)C1c1cccc([N+](=O)[O-])c1.OCCN1CCN(C(c2ccccc2)c2ccccc2)CC1. The van der Waals surface area contributed by atoms with Gasteiger partial charge in [0, 0.05) is 67.7 Å². The number of nitrogens with zero attached hydrogens (tertiary/aromatic N) is 3. The van der Waals surface area contributed by atoms with Gasteiger partial charge in [0.05, 0.1) is 30.3 Å². The van der Waals surface area contributed by atoms with Crippen molar-refractivity contribution in [2.75, 3.05) is 46.4 Å². The van der Waals surface area contributed by atoms with Crippen molar-refractivity contribution in [1.29, 1.82) is 0 Å². The third-order valence-corrected chi connectivity index (χ3v) is 8.18. The molecular weight excluding hydrogens is 572 g/mol. The third-order valence-electron chi connectivity index (χ3n) is 8.18. The first-order chi connectivity index (χ1) is 21.8. The van der Waals surface area contributed by atoms with Crippen LogP contribution in [-0.2, 0) is 14.3 Å². The number of benzene rings is 3. The van der Waals surface area contributed by atoms with Crippen molar-refractivity contribution >= 4 is 17.9 Å². The Balaban J connectivity index is 0.000000205. The van der Waals surface area contributed by atoms with Gasteiger partial charge in [0.2, 0.25) is 0 Å². The zero-order chi connectivity index (χ0) is 32.3. The molecule has 236 valence electrons. The van der Waals surface area contributed by atoms with Gasteiger partial charge < -0.3 is 15.2 Å². The van der Waals surface area contributed by atoms with Crippen molar-refractivity contribution in [2.45, 2.75) is 25.8 Å². The van der Waals surface area contributed by atoms with Crippen molar-refractivity contribution in [3.05, 3.63) is 134 Å². The number of esters is 1. The van der Waals surface area contributed by atoms with E-state index in [-0.39, 0.29) is 17.9 Å². The molecule has 2 aliphatic heterocycles. The highest BCUT2D eigenvalue weighted by molar-refractivity contribution is 5.96. The Bertz CT molecular complexity index is 1490. The Labute approximate surface area is 263 Å². The molecule has 1 saturated heterocycles. The minimum Gasteiger partial charge on any atom is -0.466 e. The van der Waals surface area contributed by atoms with Crippen LogP contribution in [0.1, 0.15) is 42.5 Å². The van der Waals surface area contributed by atoms with Crippen LogP contribution in [0.4, 0.5) is 5.69 Å². The van der Waals surface area contributed by atoms with Gasteiger partial charge >= 0.3 is 5.97 Å². The zero-order valence-corrected chi connectivity index (χ0v) is 25.9. The third kappa shape index (κ3) is 8.10. The number of hydrogen-bond donors (Lipinski definition) is 2. The van der Waals surface area contributed by atoms with E-state index in [1.54, 1.807) is 19.9 Å². The molecular formula is C35H40N4O6. The van der Waals surface area contributed by atoms with Gasteiger partial charge in [-0.3, -0.25) is 24.7 Å². The average molecular weight is 613 g/mol. The molecule has 0 spiro atoms. The number of nitro groups is 1. The Morgan fingerprint density at radius 3 is 2.09 bits per heavy atom. The van der Waals surface area contributed by atoms with Crippen molar-refractivity contribution in [2.24, 2.45) is 0 Å². The van der Waals surface area contributed by atoms with Gasteiger partial charge in [0.15, 0.2) is 0 Å². The second-order valence-electron chi connectivity index (χ2n) is 11.0. The van der Waals surface area contributed by atoms with Crippen molar-refractivity contribution in [3.8, 4) is 0 Å². The van der Waals surface area contributed by atoms with E-state index in [2.05, 4.69) is 75.8 Å². The molecule has 0 aliphatic carbocycles. The number of β-amino-alcohol motifs (C(OH)–C–C–N with tert-alkyl or cyclic N) is 1. The summed E-state index contributed by atoms with van der Waals surface area (Å²) in [5.41, 5.74) is 4.84. The van der Waals surface area contributed by atoms with Gasteiger partial charge in [-0.25, -0.2) is 4.79 Å². The highest BCUT2D eigenvalue weighted by Gasteiger charge is 2.34. The number of nitrogens with one attached hydrogen (secondary N) is 1. The molecule has 1 fully saturated rings. The number of dihydropyridines is 1. The molecule has 2 heterocycles. The van der Waals surface area contributed by atoms with E-state index in [9.17, 15) is 19.7 Å². The van der Waals surface area contributed by atoms with Gasteiger partial charge in [-0.1, -0.05) is 72.8 Å². The monoisotopic (exact) mass is 612 g/mol. The van der Waals surface area contributed by atoms with E-state index in [1.165, 1.54) is 36.4 Å². The molecule has 3 aromatic carbocycles. The van der Waals surface area contributed by atoms with E-state index < -0.39 is 16.8 Å². The molecule has 0 aromatic heterocycles. The van der Waals surface area contributed by atoms with E-state index in [0.29, 0.717) is 34.9 Å². The Morgan fingerprint density at radius 2 is 1.58 bits per heavy atom. The van der Waals surface area contributed by atoms with Crippen molar-refractivity contribution < 1.29 is 24.4 Å². The number of nitro benzene ring substituents is 1. The number of aliphatic hydroxyl groups excluding tert-OH is 1. The Kier molecular flexibility index (Phi) is 11.7. The maximum atomic E-state index is 12.2. The summed E-state index contributed by atoms with van der Waals surface area (Å²) in [4.78, 5) is 39.1. The second-order valence-corrected chi connectivity index (χ2v) is 11.0. The molecule has 45 heavy (non-hydrogen) atoms. The number of ether oxygens (including phenoxy) is 1. The summed E-state index contributed by atoms with van der Waals surface area (Å²) in [6.07, 6.45) is 0.654. The van der Waals surface area contributed by atoms with E-state index in [1.807, 2.05) is 0 Å². The molecule has 3 aromatic rings. The maximum absolute atomic E-state index is 12.2. The predicted octanol–water partition coefficient (Wildman–Crippen LogP) is 4.59. The average Bonchev–Trinajstić information content (AvgIpc) is 3.06. The highest BCUT2D eigenvalue weighted by Crippen LogP contribution is 2.38. The molecule has 5 rings (SSSR count). The number of hydrogen-bond acceptors (Lipinski definition) is 9. The summed E-state index contributed by atoms with van der Waals surface area (Å²) in [7, 11) is 1.25. The normalized spacial score (nSPS) is 17.3. The van der Waals surface area contributed by atoms with E-state index in [4.69, 9.17) is 9.84 Å². The Hall–Kier alpha value is -4.64. The standard InChI is InChI=1S/C19H24N2O.C16H16N2O5/c22-16-15-20-11-13-21(14-12-20)19(17-7-3-1-4-8-17)18-9-5-2-6-10-18;1-9-13(8-19)15(14(10(2)17-9)16(20)23-3)11-5-4-6-12(7-11)18(21)22/h1-10,19,22H,11-16H2;4-8,15,17H,1-3H3. The molecule has 0 bridgehead atoms. The fraction of sp³-hybridized carbons (Fsp3) is 0.314. The van der Waals surface area contributed by atoms with Crippen LogP contribution in [0.15, 0.2) is 107 Å². The predicted molar refractivity (Wildman–Crippen MR) is 172 cm³/mol. The quantitative estimate of drug-likeness (QED) is 0.155. The molecule has 0 radical (unpaired) electrons. The molecule has 10 heteroatoms. The molecule has 2 aliphatic rings. The minimum atomic E-state index is -0.707. The lowest BCUT2D eigenvalue weighted by Crippen LogP contribution is -2.48. The van der Waals surface area contributed by atoms with E-state index in [0.717, 1.165) is 32.7 Å². The van der Waals surface area contributed by atoms with Crippen LogP contribution >= 0.6 is 0 Å². The number of carbonyl (C=O) groups is 2. The molecule has 2 N–H and O–H groups in total. The van der Waals surface area contributed by atoms with Gasteiger partial charge in [-0.05, 0) is 30.5 Å². The zero-order valence-electron chi connectivity index (χ0n) is 25.9. The van der Waals surface area contributed by atoms with Gasteiger partial charge in [-0.15, -0.1) is 0 Å². The number of carbonyl (C=O) groups excluding carboxylic acids is 2. The number of piperazine rings is 1. The summed E-state index contributed by atoms with van der Waals surface area (Å²) in [6, 6.07) is 27.7. The number of allylic oxidation sites excluding steroid dienone is 3. The lowest BCUT2D eigenvalue weighted by molar-refractivity contribution is -0.384. The summed E-state index contributed by atoms with van der Waals surface area (Å²) >= 11 is 0. The molecule has 1 atom stereocenters. The molecule has 1 unspecified atom stereocenters. The van der Waals surface area contributed by atoms with E-state index >= 15 is 0 Å². The van der Waals surface area contributed by atoms with Crippen LogP contribution in [0.3, 0.4) is 0 Å². The maximum Gasteiger partial charge on any atom is 0.336 e. The fourth-order valence-electron chi connectivity index (χ4n) is 5.98. The number of rotatable bonds is 9. The van der Waals surface area contributed by atoms with Crippen molar-refractivity contribution in [1.82, 2.24) is 15.1 Å². The largest absolute Gasteiger partial charge is 0.466 e. The first kappa shape index (κ1) is 33.3. The lowest BCUT2D eigenvalue weighted by Gasteiger charge is -2.39. The smallest absolute Gasteiger partial charge is 0.336 e. The molecule has 0 saturated carbocycles. The topological polar surface area (TPSA) is 125 Å². The Morgan fingerprint density at radius 1 is 0.978 bits per heavy atom. The summed E-state index contributed by atoms with van der Waals surface area (Å²) < 4.78 is 4.81.